The number of rotatable bonds is 8. The van der Waals surface area contributed by atoms with Crippen LogP contribution in [0.2, 0.25) is 0 Å². The van der Waals surface area contributed by atoms with Gasteiger partial charge in [0.05, 0.1) is 20.8 Å². The van der Waals surface area contributed by atoms with Gasteiger partial charge in [-0.05, 0) is 42.8 Å². The van der Waals surface area contributed by atoms with Gasteiger partial charge in [-0.3, -0.25) is 0 Å². The summed E-state index contributed by atoms with van der Waals surface area (Å²) in [6, 6.07) is 8.37. The molecular formula is C19H20O7. The molecular weight excluding hydrogens is 340 g/mol. The van der Waals surface area contributed by atoms with Gasteiger partial charge in [0, 0.05) is 6.08 Å². The van der Waals surface area contributed by atoms with Crippen LogP contribution in [-0.4, -0.2) is 32.8 Å². The van der Waals surface area contributed by atoms with Crippen molar-refractivity contribution in [2.75, 3.05) is 20.8 Å². The molecule has 0 spiro atoms. The van der Waals surface area contributed by atoms with Crippen molar-refractivity contribution in [1.82, 2.24) is 0 Å². The van der Waals surface area contributed by atoms with Crippen LogP contribution in [0.4, 0.5) is 0 Å². The highest BCUT2D eigenvalue weighted by Gasteiger charge is 2.12. The smallest absolute Gasteiger partial charge is 0.373 e. The maximum atomic E-state index is 11.4. The number of carbonyl (C=O) groups excluding carboxylic acids is 2. The summed E-state index contributed by atoms with van der Waals surface area (Å²) < 4.78 is 25.7. The lowest BCUT2D eigenvalue weighted by Gasteiger charge is -2.10. The van der Waals surface area contributed by atoms with Crippen LogP contribution in [0, 0.1) is 0 Å². The van der Waals surface area contributed by atoms with Gasteiger partial charge in [-0.1, -0.05) is 6.07 Å². The molecule has 0 N–H and O–H groups in total. The van der Waals surface area contributed by atoms with Gasteiger partial charge in [-0.15, -0.1) is 0 Å². The van der Waals surface area contributed by atoms with E-state index in [4.69, 9.17) is 18.6 Å². The highest BCUT2D eigenvalue weighted by molar-refractivity contribution is 5.87. The molecule has 0 saturated carbocycles. The molecule has 7 heteroatoms. The van der Waals surface area contributed by atoms with Crippen LogP contribution in [0.25, 0.3) is 6.08 Å². The van der Waals surface area contributed by atoms with E-state index in [1.807, 2.05) is 0 Å². The van der Waals surface area contributed by atoms with Crippen molar-refractivity contribution in [2.45, 2.75) is 13.5 Å². The number of esters is 2. The first-order chi connectivity index (χ1) is 12.6. The van der Waals surface area contributed by atoms with Gasteiger partial charge in [-0.2, -0.15) is 0 Å². The fraction of sp³-hybridized carbons (Fsp3) is 0.263. The van der Waals surface area contributed by atoms with E-state index in [1.54, 1.807) is 37.3 Å². The number of hydrogen-bond acceptors (Lipinski definition) is 7. The maximum absolute atomic E-state index is 11.4. The normalized spacial score (nSPS) is 10.6. The Morgan fingerprint density at radius 1 is 1.12 bits per heavy atom. The molecule has 0 bridgehead atoms. The molecule has 0 aliphatic carbocycles. The second-order valence-electron chi connectivity index (χ2n) is 5.04. The van der Waals surface area contributed by atoms with Crippen molar-refractivity contribution in [3.8, 4) is 11.5 Å². The number of benzene rings is 1. The zero-order valence-electron chi connectivity index (χ0n) is 14.8. The fourth-order valence-electron chi connectivity index (χ4n) is 2.08. The zero-order valence-corrected chi connectivity index (χ0v) is 14.8. The molecule has 26 heavy (non-hydrogen) atoms. The van der Waals surface area contributed by atoms with Crippen LogP contribution in [0.5, 0.6) is 11.5 Å². The van der Waals surface area contributed by atoms with E-state index in [2.05, 4.69) is 4.74 Å². The van der Waals surface area contributed by atoms with E-state index < -0.39 is 11.9 Å². The average molecular weight is 360 g/mol. The number of ether oxygens (including phenoxy) is 4. The molecule has 1 heterocycles. The summed E-state index contributed by atoms with van der Waals surface area (Å²) in [7, 11) is 2.80. The number of furan rings is 1. The summed E-state index contributed by atoms with van der Waals surface area (Å²) in [5, 5.41) is 0. The second kappa shape index (κ2) is 9.31. The Kier molecular flexibility index (Phi) is 6.84. The Bertz CT molecular complexity index is 789. The number of carbonyl (C=O) groups is 2. The van der Waals surface area contributed by atoms with Crippen LogP contribution in [0.1, 0.15) is 28.8 Å². The molecule has 1 aromatic carbocycles. The molecule has 0 fully saturated rings. The van der Waals surface area contributed by atoms with Crippen LogP contribution in [-0.2, 0) is 20.9 Å². The van der Waals surface area contributed by atoms with Crippen molar-refractivity contribution >= 4 is 18.0 Å². The average Bonchev–Trinajstić information content (AvgIpc) is 3.13. The molecule has 0 unspecified atom stereocenters. The summed E-state index contributed by atoms with van der Waals surface area (Å²) in [4.78, 5) is 22.7. The molecule has 2 rings (SSSR count). The number of methoxy groups -OCH3 is 2. The molecule has 0 saturated heterocycles. The van der Waals surface area contributed by atoms with Gasteiger partial charge in [-0.25, -0.2) is 9.59 Å². The summed E-state index contributed by atoms with van der Waals surface area (Å²) in [6.07, 6.45) is 2.97. The zero-order chi connectivity index (χ0) is 18.9. The lowest BCUT2D eigenvalue weighted by atomic mass is 10.2. The minimum atomic E-state index is -0.549. The Morgan fingerprint density at radius 2 is 1.92 bits per heavy atom. The van der Waals surface area contributed by atoms with E-state index in [0.717, 1.165) is 5.56 Å². The first-order valence-electron chi connectivity index (χ1n) is 7.90. The number of hydrogen-bond donors (Lipinski definition) is 0. The SMILES string of the molecule is CCOC(=O)C=Cc1ccc(OCc2ccc(C(=O)OC)o2)c(OC)c1. The lowest BCUT2D eigenvalue weighted by molar-refractivity contribution is -0.137. The maximum Gasteiger partial charge on any atom is 0.373 e. The first-order valence-corrected chi connectivity index (χ1v) is 7.90. The third-order valence-corrected chi connectivity index (χ3v) is 3.30. The molecule has 0 amide bonds. The van der Waals surface area contributed by atoms with Crippen molar-refractivity contribution in [3.63, 3.8) is 0 Å². The third-order valence-electron chi connectivity index (χ3n) is 3.30. The van der Waals surface area contributed by atoms with Crippen LogP contribution >= 0.6 is 0 Å². The van der Waals surface area contributed by atoms with Crippen molar-refractivity contribution in [2.24, 2.45) is 0 Å². The largest absolute Gasteiger partial charge is 0.493 e. The molecule has 0 aliphatic rings. The van der Waals surface area contributed by atoms with Crippen LogP contribution in [0.3, 0.4) is 0 Å². The summed E-state index contributed by atoms with van der Waals surface area (Å²) in [6.45, 7) is 2.18. The molecule has 0 aliphatic heterocycles. The Morgan fingerprint density at radius 3 is 2.62 bits per heavy atom. The van der Waals surface area contributed by atoms with E-state index in [0.29, 0.717) is 23.9 Å². The Balaban J connectivity index is 2.04. The van der Waals surface area contributed by atoms with Crippen molar-refractivity contribution in [3.05, 3.63) is 53.5 Å². The predicted molar refractivity (Wildman–Crippen MR) is 93.0 cm³/mol. The molecule has 138 valence electrons. The van der Waals surface area contributed by atoms with Gasteiger partial charge < -0.3 is 23.4 Å². The standard InChI is InChI=1S/C19H20O7/c1-4-24-18(20)10-6-13-5-8-15(17(11-13)22-2)25-12-14-7-9-16(26-14)19(21)23-3/h5-11H,4,12H2,1-3H3. The highest BCUT2D eigenvalue weighted by atomic mass is 16.5. The topological polar surface area (TPSA) is 84.2 Å². The monoisotopic (exact) mass is 360 g/mol. The predicted octanol–water partition coefficient (Wildman–Crippen LogP) is 3.23. The van der Waals surface area contributed by atoms with E-state index in [-0.39, 0.29) is 12.4 Å². The van der Waals surface area contributed by atoms with Crippen LogP contribution in [0.15, 0.2) is 40.8 Å². The van der Waals surface area contributed by atoms with E-state index in [9.17, 15) is 9.59 Å². The van der Waals surface area contributed by atoms with Gasteiger partial charge in [0.15, 0.2) is 11.5 Å². The van der Waals surface area contributed by atoms with Gasteiger partial charge in [0.2, 0.25) is 5.76 Å². The van der Waals surface area contributed by atoms with Crippen molar-refractivity contribution in [1.29, 1.82) is 0 Å². The Labute approximate surface area is 151 Å². The fourth-order valence-corrected chi connectivity index (χ4v) is 2.08. The van der Waals surface area contributed by atoms with Gasteiger partial charge in [0.25, 0.3) is 0 Å². The van der Waals surface area contributed by atoms with Gasteiger partial charge >= 0.3 is 11.9 Å². The molecule has 0 radical (unpaired) electrons. The molecule has 1 aromatic heterocycles. The minimum absolute atomic E-state index is 0.109. The van der Waals surface area contributed by atoms with E-state index >= 15 is 0 Å². The molecule has 2 aromatic rings. The third kappa shape index (κ3) is 5.14. The second-order valence-corrected chi connectivity index (χ2v) is 5.04. The molecule has 0 atom stereocenters. The summed E-state index contributed by atoms with van der Waals surface area (Å²) >= 11 is 0. The minimum Gasteiger partial charge on any atom is -0.493 e. The first kappa shape index (κ1) is 19.1. The van der Waals surface area contributed by atoms with Crippen molar-refractivity contribution < 1.29 is 33.0 Å². The van der Waals surface area contributed by atoms with Crippen LogP contribution < -0.4 is 9.47 Å². The summed E-state index contributed by atoms with van der Waals surface area (Å²) in [5.41, 5.74) is 0.758. The molecule has 7 nitrogen and oxygen atoms in total. The van der Waals surface area contributed by atoms with E-state index in [1.165, 1.54) is 26.4 Å². The highest BCUT2D eigenvalue weighted by Crippen LogP contribution is 2.29. The Hall–Kier alpha value is -3.22. The quantitative estimate of drug-likeness (QED) is 0.528. The van der Waals surface area contributed by atoms with Gasteiger partial charge in [0.1, 0.15) is 12.4 Å². The summed E-state index contributed by atoms with van der Waals surface area (Å²) in [5.74, 6) is 0.612. The lowest BCUT2D eigenvalue weighted by Crippen LogP contribution is -2.00.